The van der Waals surface area contributed by atoms with Crippen LogP contribution < -0.4 is 15.2 Å². The highest BCUT2D eigenvalue weighted by Gasteiger charge is 2.21. The van der Waals surface area contributed by atoms with Gasteiger partial charge in [-0.05, 0) is 55.2 Å². The summed E-state index contributed by atoms with van der Waals surface area (Å²) in [5.41, 5.74) is 9.73. The third-order valence-corrected chi connectivity index (χ3v) is 5.24. The third kappa shape index (κ3) is 5.39. The average Bonchev–Trinajstić information content (AvgIpc) is 2.55. The van der Waals surface area contributed by atoms with Gasteiger partial charge >= 0.3 is 0 Å². The van der Waals surface area contributed by atoms with E-state index in [4.69, 9.17) is 15.2 Å². The van der Waals surface area contributed by atoms with Crippen molar-refractivity contribution in [3.8, 4) is 11.5 Å². The molecule has 2 aromatic carbocycles. The van der Waals surface area contributed by atoms with Crippen molar-refractivity contribution < 1.29 is 17.9 Å². The minimum atomic E-state index is -3.17. The lowest BCUT2D eigenvalue weighted by atomic mass is 9.92. The zero-order chi connectivity index (χ0) is 19.3. The summed E-state index contributed by atoms with van der Waals surface area (Å²) in [4.78, 5) is 0. The molecule has 0 spiro atoms. The zero-order valence-electron chi connectivity index (χ0n) is 15.8. The largest absolute Gasteiger partial charge is 0.493 e. The summed E-state index contributed by atoms with van der Waals surface area (Å²) in [6.45, 7) is 4.38. The molecule has 142 valence electrons. The van der Waals surface area contributed by atoms with Crippen LogP contribution in [0.1, 0.15) is 29.5 Å². The summed E-state index contributed by atoms with van der Waals surface area (Å²) >= 11 is 0. The van der Waals surface area contributed by atoms with Gasteiger partial charge in [-0.2, -0.15) is 0 Å². The van der Waals surface area contributed by atoms with E-state index >= 15 is 0 Å². The molecule has 1 atom stereocenters. The fourth-order valence-corrected chi connectivity index (χ4v) is 4.06. The van der Waals surface area contributed by atoms with Crippen molar-refractivity contribution in [3.05, 3.63) is 53.1 Å². The van der Waals surface area contributed by atoms with Gasteiger partial charge in [-0.25, -0.2) is 8.42 Å². The first-order valence-electron chi connectivity index (χ1n) is 8.57. The minimum Gasteiger partial charge on any atom is -0.493 e. The Morgan fingerprint density at radius 1 is 1.12 bits per heavy atom. The highest BCUT2D eigenvalue weighted by Crippen LogP contribution is 2.33. The Morgan fingerprint density at radius 2 is 1.85 bits per heavy atom. The van der Waals surface area contributed by atoms with E-state index in [1.807, 2.05) is 50.2 Å². The smallest absolute Gasteiger partial charge is 0.161 e. The molecule has 2 aromatic rings. The van der Waals surface area contributed by atoms with E-state index in [2.05, 4.69) is 0 Å². The number of nitrogens with two attached hydrogens (primary N) is 1. The number of nitrogen functional groups attached to an aromatic ring is 1. The standard InChI is InChI=1S/C20H27NO4S/c1-5-25-20-12-15(8-9-19(20)24-3)17(13-26(4,22)23)11-16-7-6-14(2)10-18(16)21/h6-10,12,17H,5,11,13,21H2,1-4H3/t17-/m1/s1. The Bertz CT molecular complexity index is 862. The normalized spacial score (nSPS) is 12.6. The molecule has 0 radical (unpaired) electrons. The zero-order valence-corrected chi connectivity index (χ0v) is 16.6. The number of methoxy groups -OCH3 is 1. The number of ether oxygens (including phenoxy) is 2. The van der Waals surface area contributed by atoms with Crippen LogP contribution in [-0.4, -0.2) is 34.1 Å². The first-order valence-corrected chi connectivity index (χ1v) is 10.6. The first kappa shape index (κ1) is 20.1. The Balaban J connectivity index is 2.42. The van der Waals surface area contributed by atoms with Crippen LogP contribution in [0.25, 0.3) is 0 Å². The van der Waals surface area contributed by atoms with E-state index in [1.165, 1.54) is 6.26 Å². The van der Waals surface area contributed by atoms with E-state index in [0.717, 1.165) is 16.7 Å². The van der Waals surface area contributed by atoms with Crippen molar-refractivity contribution in [3.63, 3.8) is 0 Å². The maximum absolute atomic E-state index is 12.0. The van der Waals surface area contributed by atoms with E-state index in [-0.39, 0.29) is 11.7 Å². The number of anilines is 1. The molecule has 0 aliphatic rings. The number of sulfone groups is 1. The fraction of sp³-hybridized carbons (Fsp3) is 0.400. The SMILES string of the molecule is CCOc1cc([C@H](Cc2ccc(C)cc2N)CS(C)(=O)=O)ccc1OC. The van der Waals surface area contributed by atoms with Crippen LogP contribution in [0.5, 0.6) is 11.5 Å². The van der Waals surface area contributed by atoms with Crippen molar-refractivity contribution in [1.82, 2.24) is 0 Å². The van der Waals surface area contributed by atoms with Gasteiger partial charge in [-0.1, -0.05) is 18.2 Å². The van der Waals surface area contributed by atoms with Crippen LogP contribution in [0.4, 0.5) is 5.69 Å². The molecule has 0 heterocycles. The number of rotatable bonds is 8. The molecule has 0 bridgehead atoms. The highest BCUT2D eigenvalue weighted by atomic mass is 32.2. The second kappa shape index (κ2) is 8.45. The predicted octanol–water partition coefficient (Wildman–Crippen LogP) is 3.36. The van der Waals surface area contributed by atoms with Gasteiger partial charge in [0.1, 0.15) is 9.84 Å². The number of aryl methyl sites for hydroxylation is 1. The van der Waals surface area contributed by atoms with Gasteiger partial charge in [0.2, 0.25) is 0 Å². The Hall–Kier alpha value is -2.21. The Morgan fingerprint density at radius 3 is 2.42 bits per heavy atom. The van der Waals surface area contributed by atoms with Crippen molar-refractivity contribution in [2.24, 2.45) is 0 Å². The molecule has 6 heteroatoms. The Labute approximate surface area is 156 Å². The lowest BCUT2D eigenvalue weighted by molar-refractivity contribution is 0.310. The number of hydrogen-bond donors (Lipinski definition) is 1. The maximum Gasteiger partial charge on any atom is 0.161 e. The van der Waals surface area contributed by atoms with Crippen LogP contribution in [-0.2, 0) is 16.3 Å². The molecule has 0 fully saturated rings. The Kier molecular flexibility index (Phi) is 6.53. The van der Waals surface area contributed by atoms with E-state index in [1.54, 1.807) is 7.11 Å². The first-order chi connectivity index (χ1) is 12.2. The van der Waals surface area contributed by atoms with E-state index in [9.17, 15) is 8.42 Å². The lowest BCUT2D eigenvalue weighted by Crippen LogP contribution is -2.16. The quantitative estimate of drug-likeness (QED) is 0.714. The van der Waals surface area contributed by atoms with E-state index < -0.39 is 9.84 Å². The molecule has 0 aromatic heterocycles. The summed E-state index contributed by atoms with van der Waals surface area (Å²) in [6.07, 6.45) is 1.79. The topological polar surface area (TPSA) is 78.6 Å². The summed E-state index contributed by atoms with van der Waals surface area (Å²) in [6, 6.07) is 11.4. The average molecular weight is 378 g/mol. The van der Waals surface area contributed by atoms with Crippen molar-refractivity contribution in [2.75, 3.05) is 31.5 Å². The van der Waals surface area contributed by atoms with Gasteiger partial charge in [-0.15, -0.1) is 0 Å². The van der Waals surface area contributed by atoms with Crippen LogP contribution in [0.2, 0.25) is 0 Å². The van der Waals surface area contributed by atoms with Crippen LogP contribution in [0.15, 0.2) is 36.4 Å². The van der Waals surface area contributed by atoms with Gasteiger partial charge in [0, 0.05) is 17.9 Å². The molecule has 2 N–H and O–H groups in total. The molecule has 2 rings (SSSR count). The van der Waals surface area contributed by atoms with Gasteiger partial charge in [-0.3, -0.25) is 0 Å². The second-order valence-corrected chi connectivity index (χ2v) is 8.72. The van der Waals surface area contributed by atoms with Gasteiger partial charge in [0.05, 0.1) is 19.5 Å². The van der Waals surface area contributed by atoms with Crippen molar-refractivity contribution in [1.29, 1.82) is 0 Å². The van der Waals surface area contributed by atoms with Gasteiger partial charge in [0.15, 0.2) is 11.5 Å². The molecular weight excluding hydrogens is 350 g/mol. The second-order valence-electron chi connectivity index (χ2n) is 6.54. The summed E-state index contributed by atoms with van der Waals surface area (Å²) < 4.78 is 34.9. The number of benzene rings is 2. The molecule has 0 saturated heterocycles. The predicted molar refractivity (Wildman–Crippen MR) is 106 cm³/mol. The molecule has 0 aliphatic carbocycles. The monoisotopic (exact) mass is 377 g/mol. The fourth-order valence-electron chi connectivity index (χ4n) is 3.02. The molecule has 5 nitrogen and oxygen atoms in total. The van der Waals surface area contributed by atoms with Gasteiger partial charge in [0.25, 0.3) is 0 Å². The molecule has 0 amide bonds. The number of hydrogen-bond acceptors (Lipinski definition) is 5. The summed E-state index contributed by atoms with van der Waals surface area (Å²) in [5.74, 6) is 1.06. The van der Waals surface area contributed by atoms with Gasteiger partial charge < -0.3 is 15.2 Å². The van der Waals surface area contributed by atoms with Crippen LogP contribution >= 0.6 is 0 Å². The van der Waals surface area contributed by atoms with Crippen LogP contribution in [0, 0.1) is 6.92 Å². The third-order valence-electron chi connectivity index (χ3n) is 4.23. The molecular formula is C20H27NO4S. The lowest BCUT2D eigenvalue weighted by Gasteiger charge is -2.20. The highest BCUT2D eigenvalue weighted by molar-refractivity contribution is 7.90. The van der Waals surface area contributed by atoms with Crippen molar-refractivity contribution in [2.45, 2.75) is 26.2 Å². The molecule has 0 aliphatic heterocycles. The van der Waals surface area contributed by atoms with Crippen molar-refractivity contribution >= 4 is 15.5 Å². The maximum atomic E-state index is 12.0. The molecule has 0 saturated carbocycles. The summed E-state index contributed by atoms with van der Waals surface area (Å²) in [7, 11) is -1.58. The summed E-state index contributed by atoms with van der Waals surface area (Å²) in [5, 5.41) is 0. The minimum absolute atomic E-state index is 0.0399. The molecule has 26 heavy (non-hydrogen) atoms. The van der Waals surface area contributed by atoms with Crippen LogP contribution in [0.3, 0.4) is 0 Å². The molecule has 0 unspecified atom stereocenters. The van der Waals surface area contributed by atoms with E-state index in [0.29, 0.717) is 30.2 Å².